The number of carbonyl (C=O) groups is 1. The maximum atomic E-state index is 13.1. The molecule has 1 fully saturated rings. The Morgan fingerprint density at radius 2 is 1.79 bits per heavy atom. The van der Waals surface area contributed by atoms with E-state index in [4.69, 9.17) is 4.74 Å². The summed E-state index contributed by atoms with van der Waals surface area (Å²) in [5.74, 6) is 0.529. The third-order valence-corrected chi connectivity index (χ3v) is 4.87. The van der Waals surface area contributed by atoms with Crippen molar-refractivity contribution in [1.29, 1.82) is 0 Å². The van der Waals surface area contributed by atoms with Crippen LogP contribution in [0, 0.1) is 13.8 Å². The Morgan fingerprint density at radius 3 is 2.55 bits per heavy atom. The molecule has 2 aromatic carbocycles. The fourth-order valence-electron chi connectivity index (χ4n) is 3.53. The van der Waals surface area contributed by atoms with Crippen molar-refractivity contribution in [3.05, 3.63) is 83.2 Å². The second kappa shape index (κ2) is 8.41. The van der Waals surface area contributed by atoms with Gasteiger partial charge in [0, 0.05) is 29.2 Å². The molecule has 0 bridgehead atoms. The number of anilines is 2. The van der Waals surface area contributed by atoms with E-state index in [1.54, 1.807) is 0 Å². The molecule has 0 saturated carbocycles. The first-order valence-corrected chi connectivity index (χ1v) is 9.74. The van der Waals surface area contributed by atoms with Gasteiger partial charge < -0.3 is 15.0 Å². The molecule has 1 unspecified atom stereocenters. The number of rotatable bonds is 4. The fraction of sp³-hybridized carbons (Fsp3) is 0.261. The number of hydrogen-bond donors (Lipinski definition) is 1. The summed E-state index contributed by atoms with van der Waals surface area (Å²) in [6.45, 7) is 5.52. The Bertz CT molecular complexity index is 987. The number of aromatic nitrogens is 2. The average molecular weight is 388 g/mol. The lowest BCUT2D eigenvalue weighted by molar-refractivity contribution is -0.0228. The van der Waals surface area contributed by atoms with E-state index in [1.807, 2.05) is 79.4 Å². The molecule has 1 aliphatic rings. The van der Waals surface area contributed by atoms with E-state index in [0.717, 1.165) is 22.6 Å². The Morgan fingerprint density at radius 1 is 1.03 bits per heavy atom. The maximum Gasteiger partial charge on any atom is 0.254 e. The van der Waals surface area contributed by atoms with E-state index in [1.165, 1.54) is 0 Å². The highest BCUT2D eigenvalue weighted by atomic mass is 16.5. The van der Waals surface area contributed by atoms with Crippen LogP contribution in [-0.2, 0) is 4.74 Å². The van der Waals surface area contributed by atoms with Gasteiger partial charge in [0.1, 0.15) is 6.10 Å². The molecular weight excluding hydrogens is 364 g/mol. The molecule has 148 valence electrons. The summed E-state index contributed by atoms with van der Waals surface area (Å²) in [6, 6.07) is 19.4. The lowest BCUT2D eigenvalue weighted by Gasteiger charge is -2.33. The molecule has 29 heavy (non-hydrogen) atoms. The molecule has 1 aromatic heterocycles. The van der Waals surface area contributed by atoms with E-state index >= 15 is 0 Å². The van der Waals surface area contributed by atoms with Crippen LogP contribution in [0.25, 0.3) is 0 Å². The average Bonchev–Trinajstić information content (AvgIpc) is 2.73. The standard InChI is InChI=1S/C23H24N4O2/c1-16-13-17(2)25-23(24-16)26-20-10-6-9-19(14-20)22(28)27-11-12-29-21(15-27)18-7-4-3-5-8-18/h3-10,13-14,21H,11-12,15H2,1-2H3,(H,24,25,26). The van der Waals surface area contributed by atoms with Gasteiger partial charge in [0.15, 0.2) is 0 Å². The molecule has 6 heteroatoms. The van der Waals surface area contributed by atoms with Crippen molar-refractivity contribution in [3.8, 4) is 0 Å². The van der Waals surface area contributed by atoms with E-state index in [-0.39, 0.29) is 12.0 Å². The monoisotopic (exact) mass is 388 g/mol. The first kappa shape index (κ1) is 19.1. The van der Waals surface area contributed by atoms with Crippen molar-refractivity contribution in [3.63, 3.8) is 0 Å². The topological polar surface area (TPSA) is 67.4 Å². The molecule has 0 aliphatic carbocycles. The summed E-state index contributed by atoms with van der Waals surface area (Å²) in [5.41, 5.74) is 4.30. The van der Waals surface area contributed by atoms with Gasteiger partial charge >= 0.3 is 0 Å². The van der Waals surface area contributed by atoms with Gasteiger partial charge in [-0.05, 0) is 43.7 Å². The van der Waals surface area contributed by atoms with Gasteiger partial charge in [-0.25, -0.2) is 9.97 Å². The minimum Gasteiger partial charge on any atom is -0.370 e. The molecule has 1 atom stereocenters. The van der Waals surface area contributed by atoms with Gasteiger partial charge in [0.2, 0.25) is 5.95 Å². The molecule has 1 amide bonds. The zero-order valence-electron chi connectivity index (χ0n) is 16.6. The van der Waals surface area contributed by atoms with Crippen molar-refractivity contribution < 1.29 is 9.53 Å². The minimum absolute atomic E-state index is 0.000720. The van der Waals surface area contributed by atoms with E-state index in [9.17, 15) is 4.79 Å². The summed E-state index contributed by atoms with van der Waals surface area (Å²) in [6.07, 6.45) is -0.0983. The van der Waals surface area contributed by atoms with Crippen LogP contribution in [0.3, 0.4) is 0 Å². The van der Waals surface area contributed by atoms with Crippen LogP contribution < -0.4 is 5.32 Å². The zero-order valence-corrected chi connectivity index (χ0v) is 16.6. The second-order valence-corrected chi connectivity index (χ2v) is 7.20. The molecule has 0 spiro atoms. The van der Waals surface area contributed by atoms with E-state index < -0.39 is 0 Å². The van der Waals surface area contributed by atoms with Crippen molar-refractivity contribution >= 4 is 17.5 Å². The van der Waals surface area contributed by atoms with E-state index in [0.29, 0.717) is 31.2 Å². The summed E-state index contributed by atoms with van der Waals surface area (Å²) < 4.78 is 5.88. The molecular formula is C23H24N4O2. The minimum atomic E-state index is -0.0983. The zero-order chi connectivity index (χ0) is 20.2. The Balaban J connectivity index is 1.49. The SMILES string of the molecule is Cc1cc(C)nc(Nc2cccc(C(=O)N3CCOC(c4ccccc4)C3)c2)n1. The number of amides is 1. The summed E-state index contributed by atoms with van der Waals surface area (Å²) in [4.78, 5) is 23.8. The van der Waals surface area contributed by atoms with Crippen LogP contribution >= 0.6 is 0 Å². The molecule has 2 heterocycles. The van der Waals surface area contributed by atoms with Crippen LogP contribution in [0.2, 0.25) is 0 Å². The number of benzene rings is 2. The summed E-state index contributed by atoms with van der Waals surface area (Å²) in [5, 5.41) is 3.20. The number of aryl methyl sites for hydroxylation is 2. The van der Waals surface area contributed by atoms with Gasteiger partial charge in [-0.2, -0.15) is 0 Å². The normalized spacial score (nSPS) is 16.5. The van der Waals surface area contributed by atoms with Gasteiger partial charge in [0.25, 0.3) is 5.91 Å². The Labute approximate surface area is 170 Å². The predicted octanol–water partition coefficient (Wildman–Crippen LogP) is 4.05. The van der Waals surface area contributed by atoms with E-state index in [2.05, 4.69) is 15.3 Å². The number of carbonyl (C=O) groups excluding carboxylic acids is 1. The Hall–Kier alpha value is -3.25. The van der Waals surface area contributed by atoms with Crippen LogP contribution in [0.5, 0.6) is 0 Å². The lowest BCUT2D eigenvalue weighted by atomic mass is 10.1. The number of nitrogens with one attached hydrogen (secondary N) is 1. The van der Waals surface area contributed by atoms with Gasteiger partial charge in [-0.15, -0.1) is 0 Å². The lowest BCUT2D eigenvalue weighted by Crippen LogP contribution is -2.42. The van der Waals surface area contributed by atoms with Crippen molar-refractivity contribution in [2.75, 3.05) is 25.0 Å². The summed E-state index contributed by atoms with van der Waals surface area (Å²) >= 11 is 0. The molecule has 1 saturated heterocycles. The molecule has 4 rings (SSSR count). The molecule has 6 nitrogen and oxygen atoms in total. The third-order valence-electron chi connectivity index (χ3n) is 4.87. The van der Waals surface area contributed by atoms with Gasteiger partial charge in [-0.3, -0.25) is 4.79 Å². The predicted molar refractivity (Wildman–Crippen MR) is 112 cm³/mol. The van der Waals surface area contributed by atoms with Crippen LogP contribution in [0.15, 0.2) is 60.7 Å². The largest absolute Gasteiger partial charge is 0.370 e. The third kappa shape index (κ3) is 4.60. The molecule has 3 aromatic rings. The Kier molecular flexibility index (Phi) is 5.53. The summed E-state index contributed by atoms with van der Waals surface area (Å²) in [7, 11) is 0. The highest BCUT2D eigenvalue weighted by molar-refractivity contribution is 5.95. The second-order valence-electron chi connectivity index (χ2n) is 7.20. The number of nitrogens with zero attached hydrogens (tertiary/aromatic N) is 3. The molecule has 1 aliphatic heterocycles. The first-order valence-electron chi connectivity index (χ1n) is 9.74. The van der Waals surface area contributed by atoms with Crippen molar-refractivity contribution in [2.24, 2.45) is 0 Å². The molecule has 1 N–H and O–H groups in total. The van der Waals surface area contributed by atoms with Gasteiger partial charge in [0.05, 0.1) is 13.2 Å². The number of ether oxygens (including phenoxy) is 1. The van der Waals surface area contributed by atoms with Crippen LogP contribution in [0.4, 0.5) is 11.6 Å². The number of hydrogen-bond acceptors (Lipinski definition) is 5. The number of morpholine rings is 1. The quantitative estimate of drug-likeness (QED) is 0.730. The first-order chi connectivity index (χ1) is 14.1. The molecule has 0 radical (unpaired) electrons. The highest BCUT2D eigenvalue weighted by Gasteiger charge is 2.26. The van der Waals surface area contributed by atoms with Crippen molar-refractivity contribution in [2.45, 2.75) is 20.0 Å². The van der Waals surface area contributed by atoms with Crippen LogP contribution in [-0.4, -0.2) is 40.5 Å². The van der Waals surface area contributed by atoms with Crippen molar-refractivity contribution in [1.82, 2.24) is 14.9 Å². The smallest absolute Gasteiger partial charge is 0.254 e. The maximum absolute atomic E-state index is 13.1. The fourth-order valence-corrected chi connectivity index (χ4v) is 3.53. The van der Waals surface area contributed by atoms with Crippen LogP contribution in [0.1, 0.15) is 33.4 Å². The van der Waals surface area contributed by atoms with Gasteiger partial charge in [-0.1, -0.05) is 36.4 Å². The highest BCUT2D eigenvalue weighted by Crippen LogP contribution is 2.24.